The average molecular weight is 497 g/mol. The van der Waals surface area contributed by atoms with Crippen LogP contribution in [0.5, 0.6) is 11.5 Å². The van der Waals surface area contributed by atoms with E-state index in [1.165, 1.54) is 31.2 Å². The number of hydrogen-bond donors (Lipinski definition) is 1. The highest BCUT2D eigenvalue weighted by atomic mass is 19.1. The maximum atomic E-state index is 13.2. The number of aryl methyl sites for hydroxylation is 1. The number of hydrogen-bond acceptors (Lipinski definition) is 6. The van der Waals surface area contributed by atoms with Gasteiger partial charge in [0.05, 0.1) is 13.1 Å². The van der Waals surface area contributed by atoms with Crippen LogP contribution in [0, 0.1) is 12.7 Å². The van der Waals surface area contributed by atoms with Crippen LogP contribution in [0.2, 0.25) is 0 Å². The van der Waals surface area contributed by atoms with Gasteiger partial charge in [-0.2, -0.15) is 0 Å². The van der Waals surface area contributed by atoms with Crippen molar-refractivity contribution in [2.75, 3.05) is 39.4 Å². The molecule has 1 saturated heterocycles. The van der Waals surface area contributed by atoms with E-state index in [4.69, 9.17) is 9.47 Å². The fourth-order valence-electron chi connectivity index (χ4n) is 4.38. The predicted molar refractivity (Wildman–Crippen MR) is 133 cm³/mol. The van der Waals surface area contributed by atoms with E-state index in [0.717, 1.165) is 17.1 Å². The third-order valence-corrected chi connectivity index (χ3v) is 6.28. The van der Waals surface area contributed by atoms with Crippen molar-refractivity contribution in [3.05, 3.63) is 78.1 Å². The average Bonchev–Trinajstić information content (AvgIpc) is 3.17. The van der Waals surface area contributed by atoms with Crippen molar-refractivity contribution in [1.82, 2.24) is 19.4 Å². The van der Waals surface area contributed by atoms with Gasteiger partial charge in [0, 0.05) is 45.5 Å². The molecule has 8 nitrogen and oxygen atoms in total. The highest BCUT2D eigenvalue weighted by Crippen LogP contribution is 2.21. The number of rotatable bonds is 9. The van der Waals surface area contributed by atoms with Crippen molar-refractivity contribution in [2.45, 2.75) is 32.5 Å². The van der Waals surface area contributed by atoms with Crippen LogP contribution in [0.15, 0.2) is 60.9 Å². The fourth-order valence-corrected chi connectivity index (χ4v) is 4.38. The summed E-state index contributed by atoms with van der Waals surface area (Å²) in [5.41, 5.74) is -0.239. The molecular weight excluding hydrogens is 463 g/mol. The summed E-state index contributed by atoms with van der Waals surface area (Å²) in [7, 11) is 0. The van der Waals surface area contributed by atoms with Gasteiger partial charge < -0.3 is 24.0 Å². The number of carbonyl (C=O) groups excluding carboxylic acids is 1. The zero-order valence-electron chi connectivity index (χ0n) is 20.8. The summed E-state index contributed by atoms with van der Waals surface area (Å²) in [5.74, 6) is 1.74. The van der Waals surface area contributed by atoms with Gasteiger partial charge in [-0.1, -0.05) is 12.1 Å². The van der Waals surface area contributed by atoms with E-state index < -0.39 is 5.60 Å². The second-order valence-electron chi connectivity index (χ2n) is 9.28. The molecular formula is C27H33FN4O4. The molecule has 0 radical (unpaired) electrons. The van der Waals surface area contributed by atoms with E-state index in [0.29, 0.717) is 45.1 Å². The van der Waals surface area contributed by atoms with Gasteiger partial charge in [-0.25, -0.2) is 9.37 Å². The van der Waals surface area contributed by atoms with E-state index >= 15 is 0 Å². The summed E-state index contributed by atoms with van der Waals surface area (Å²) in [6.45, 7) is 6.88. The first kappa shape index (κ1) is 25.7. The minimum atomic E-state index is -1.28. The van der Waals surface area contributed by atoms with Crippen molar-refractivity contribution >= 4 is 5.91 Å². The molecule has 2 heterocycles. The van der Waals surface area contributed by atoms with E-state index in [2.05, 4.69) is 9.88 Å². The lowest BCUT2D eigenvalue weighted by molar-refractivity contribution is -0.132. The molecule has 1 aliphatic rings. The lowest BCUT2D eigenvalue weighted by Gasteiger charge is -2.32. The fraction of sp³-hybridized carbons (Fsp3) is 0.407. The molecule has 9 heteroatoms. The number of amides is 1. The quantitative estimate of drug-likeness (QED) is 0.491. The number of aromatic nitrogens is 2. The van der Waals surface area contributed by atoms with E-state index in [1.54, 1.807) is 11.1 Å². The first-order valence-electron chi connectivity index (χ1n) is 12.1. The van der Waals surface area contributed by atoms with Crippen molar-refractivity contribution in [3.63, 3.8) is 0 Å². The molecule has 1 aromatic heterocycles. The van der Waals surface area contributed by atoms with Crippen LogP contribution in [0.25, 0.3) is 0 Å². The van der Waals surface area contributed by atoms with Crippen LogP contribution in [0.3, 0.4) is 0 Å². The molecule has 36 heavy (non-hydrogen) atoms. The van der Waals surface area contributed by atoms with E-state index in [-0.39, 0.29) is 24.9 Å². The maximum absolute atomic E-state index is 13.2. The third-order valence-electron chi connectivity index (χ3n) is 6.28. The van der Waals surface area contributed by atoms with Gasteiger partial charge in [0.1, 0.15) is 42.0 Å². The Hall–Kier alpha value is -3.43. The molecule has 192 valence electrons. The zero-order chi connectivity index (χ0) is 25.5. The summed E-state index contributed by atoms with van der Waals surface area (Å²) < 4.78 is 27.0. The molecule has 1 unspecified atom stereocenters. The molecule has 0 spiro atoms. The van der Waals surface area contributed by atoms with Crippen LogP contribution in [-0.2, 0) is 17.9 Å². The lowest BCUT2D eigenvalue weighted by atomic mass is 10.0. The lowest BCUT2D eigenvalue weighted by Crippen LogP contribution is -2.51. The summed E-state index contributed by atoms with van der Waals surface area (Å²) in [4.78, 5) is 20.1. The van der Waals surface area contributed by atoms with Crippen LogP contribution in [0.4, 0.5) is 4.39 Å². The van der Waals surface area contributed by atoms with Gasteiger partial charge in [0.15, 0.2) is 0 Å². The summed E-state index contributed by atoms with van der Waals surface area (Å²) in [6.07, 6.45) is 3.70. The number of ether oxygens (including phenoxy) is 2. The Morgan fingerprint density at radius 1 is 1.11 bits per heavy atom. The Kier molecular flexibility index (Phi) is 8.22. The molecule has 1 amide bonds. The van der Waals surface area contributed by atoms with Crippen LogP contribution < -0.4 is 9.47 Å². The topological polar surface area (TPSA) is 80.1 Å². The number of benzene rings is 2. The molecule has 0 aliphatic carbocycles. The normalized spacial score (nSPS) is 18.6. The Morgan fingerprint density at radius 2 is 1.92 bits per heavy atom. The monoisotopic (exact) mass is 496 g/mol. The minimum Gasteiger partial charge on any atom is -0.492 e. The minimum absolute atomic E-state index is 0.0181. The second kappa shape index (κ2) is 11.5. The van der Waals surface area contributed by atoms with Crippen molar-refractivity contribution in [2.24, 2.45) is 0 Å². The molecule has 0 saturated carbocycles. The largest absolute Gasteiger partial charge is 0.492 e. The molecule has 3 aromatic rings. The van der Waals surface area contributed by atoms with Gasteiger partial charge in [-0.3, -0.25) is 9.69 Å². The Morgan fingerprint density at radius 3 is 2.64 bits per heavy atom. The van der Waals surface area contributed by atoms with Gasteiger partial charge >= 0.3 is 0 Å². The second-order valence-corrected chi connectivity index (χ2v) is 9.28. The molecule has 0 bridgehead atoms. The maximum Gasteiger partial charge on any atom is 0.219 e. The molecule has 1 N–H and O–H groups in total. The standard InChI is InChI=1S/C27H33FN4O4/c1-21-29-10-11-31(21)14-15-35-26-5-3-4-23(16-26)17-30-12-13-32(22(2)33)19-27(34,18-30)20-36-25-8-6-24(28)7-9-25/h3-11,16,34H,12-15,17-20H2,1-2H3. The molecule has 1 fully saturated rings. The SMILES string of the molecule is CC(=O)N1CCN(Cc2cccc(OCCn3ccnc3C)c2)CC(O)(COc2ccc(F)cc2)C1. The van der Waals surface area contributed by atoms with E-state index in [9.17, 15) is 14.3 Å². The predicted octanol–water partition coefficient (Wildman–Crippen LogP) is 2.88. The van der Waals surface area contributed by atoms with Crippen molar-refractivity contribution in [1.29, 1.82) is 0 Å². The van der Waals surface area contributed by atoms with Crippen LogP contribution in [-0.4, -0.2) is 75.4 Å². The number of carbonyl (C=O) groups is 1. The Bertz CT molecular complexity index is 1150. The summed E-state index contributed by atoms with van der Waals surface area (Å²) in [5, 5.41) is 11.5. The Labute approximate surface area is 210 Å². The first-order chi connectivity index (χ1) is 17.3. The van der Waals surface area contributed by atoms with E-state index in [1.807, 2.05) is 42.0 Å². The third kappa shape index (κ3) is 7.05. The van der Waals surface area contributed by atoms with Crippen molar-refractivity contribution in [3.8, 4) is 11.5 Å². The summed E-state index contributed by atoms with van der Waals surface area (Å²) in [6, 6.07) is 13.6. The number of β-amino-alcohol motifs (C(OH)–C–C–N with tert-alkyl or cyclic N) is 1. The van der Waals surface area contributed by atoms with Crippen molar-refractivity contribution < 1.29 is 23.8 Å². The molecule has 1 aliphatic heterocycles. The molecule has 4 rings (SSSR count). The molecule has 2 aromatic carbocycles. The zero-order valence-corrected chi connectivity index (χ0v) is 20.8. The van der Waals surface area contributed by atoms with Gasteiger partial charge in [-0.05, 0) is 48.9 Å². The van der Waals surface area contributed by atoms with Crippen LogP contribution in [0.1, 0.15) is 18.3 Å². The highest BCUT2D eigenvalue weighted by molar-refractivity contribution is 5.73. The van der Waals surface area contributed by atoms with Gasteiger partial charge in [0.25, 0.3) is 0 Å². The number of imidazole rings is 1. The summed E-state index contributed by atoms with van der Waals surface area (Å²) >= 11 is 0. The number of aliphatic hydroxyl groups is 1. The Balaban J connectivity index is 1.39. The van der Waals surface area contributed by atoms with Gasteiger partial charge in [0.2, 0.25) is 5.91 Å². The first-order valence-corrected chi connectivity index (χ1v) is 12.1. The van der Waals surface area contributed by atoms with Gasteiger partial charge in [-0.15, -0.1) is 0 Å². The molecule has 1 atom stereocenters. The highest BCUT2D eigenvalue weighted by Gasteiger charge is 2.37. The number of halogens is 1. The van der Waals surface area contributed by atoms with Crippen LogP contribution >= 0.6 is 0 Å². The smallest absolute Gasteiger partial charge is 0.219 e. The number of nitrogens with zero attached hydrogens (tertiary/aromatic N) is 4.